The minimum atomic E-state index is -1.97. The number of hydrogen-bond acceptors (Lipinski definition) is 3. The Kier molecular flexibility index (Phi) is 5.07. The fourth-order valence-electron chi connectivity index (χ4n) is 4.48. The van der Waals surface area contributed by atoms with E-state index in [2.05, 4.69) is 6.92 Å². The van der Waals surface area contributed by atoms with Gasteiger partial charge >= 0.3 is 0 Å². The standard InChI is InChI=1S/C24H27NO3/c1-2-3-4-5-6-7-10-16-24(28)22(26)19-14-11-13-18-17-12-8-9-15-20(17)25(21(18)19)23(24)27/h8-9,11-15,28H,2-7,10,16H2,1H3. The lowest BCUT2D eigenvalue weighted by Gasteiger charge is -2.30. The molecule has 0 saturated carbocycles. The summed E-state index contributed by atoms with van der Waals surface area (Å²) in [4.78, 5) is 26.4. The summed E-state index contributed by atoms with van der Waals surface area (Å²) in [5.74, 6) is -0.960. The Morgan fingerprint density at radius 1 is 0.857 bits per heavy atom. The first-order valence-corrected chi connectivity index (χ1v) is 10.4. The highest BCUT2D eigenvalue weighted by atomic mass is 16.3. The molecule has 4 rings (SSSR count). The van der Waals surface area contributed by atoms with Crippen LogP contribution in [0.4, 0.5) is 0 Å². The SMILES string of the molecule is CCCCCCCCCC1(O)C(=O)c2cccc3c4ccccc4n(c23)C1=O. The number of rotatable bonds is 8. The number of benzene rings is 2. The number of unbranched alkanes of at least 4 members (excludes halogenated alkanes) is 6. The van der Waals surface area contributed by atoms with Gasteiger partial charge in [0.05, 0.1) is 11.0 Å². The van der Waals surface area contributed by atoms with Gasteiger partial charge in [-0.25, -0.2) is 0 Å². The fraction of sp³-hybridized carbons (Fsp3) is 0.417. The minimum Gasteiger partial charge on any atom is -0.373 e. The number of nitrogens with zero attached hydrogens (tertiary/aromatic N) is 1. The van der Waals surface area contributed by atoms with Crippen LogP contribution in [0.15, 0.2) is 42.5 Å². The molecule has 0 amide bonds. The second kappa shape index (κ2) is 7.51. The molecule has 0 bridgehead atoms. The van der Waals surface area contributed by atoms with Crippen LogP contribution in [0.2, 0.25) is 0 Å². The normalized spacial score (nSPS) is 19.1. The van der Waals surface area contributed by atoms with Crippen molar-refractivity contribution in [2.24, 2.45) is 0 Å². The Morgan fingerprint density at radius 2 is 1.54 bits per heavy atom. The van der Waals surface area contributed by atoms with Crippen molar-refractivity contribution >= 4 is 33.5 Å². The van der Waals surface area contributed by atoms with Gasteiger partial charge in [0.15, 0.2) is 0 Å². The lowest BCUT2D eigenvalue weighted by atomic mass is 9.83. The van der Waals surface area contributed by atoms with Crippen LogP contribution in [0.25, 0.3) is 21.8 Å². The van der Waals surface area contributed by atoms with E-state index in [0.29, 0.717) is 17.5 Å². The van der Waals surface area contributed by atoms with Gasteiger partial charge in [0.1, 0.15) is 0 Å². The van der Waals surface area contributed by atoms with Crippen LogP contribution < -0.4 is 0 Å². The summed E-state index contributed by atoms with van der Waals surface area (Å²) in [6.45, 7) is 2.19. The van der Waals surface area contributed by atoms with Crippen molar-refractivity contribution in [2.75, 3.05) is 0 Å². The predicted molar refractivity (Wildman–Crippen MR) is 112 cm³/mol. The number of hydrogen-bond donors (Lipinski definition) is 1. The molecule has 0 radical (unpaired) electrons. The number of aliphatic hydroxyl groups is 1. The van der Waals surface area contributed by atoms with Gasteiger partial charge in [0.2, 0.25) is 11.4 Å². The molecular weight excluding hydrogens is 350 g/mol. The maximum absolute atomic E-state index is 13.3. The highest BCUT2D eigenvalue weighted by molar-refractivity contribution is 6.31. The quantitative estimate of drug-likeness (QED) is 0.416. The molecule has 4 heteroatoms. The second-order valence-corrected chi connectivity index (χ2v) is 7.92. The van der Waals surface area contributed by atoms with Crippen molar-refractivity contribution in [3.05, 3.63) is 48.0 Å². The molecule has 2 heterocycles. The fourth-order valence-corrected chi connectivity index (χ4v) is 4.48. The van der Waals surface area contributed by atoms with Gasteiger partial charge in [-0.1, -0.05) is 75.8 Å². The first-order chi connectivity index (χ1) is 13.6. The zero-order valence-corrected chi connectivity index (χ0v) is 16.4. The molecule has 0 spiro atoms. The van der Waals surface area contributed by atoms with E-state index in [9.17, 15) is 14.7 Å². The lowest BCUT2D eigenvalue weighted by Crippen LogP contribution is -2.51. The van der Waals surface area contributed by atoms with Gasteiger partial charge in [0, 0.05) is 16.3 Å². The van der Waals surface area contributed by atoms with E-state index in [0.717, 1.165) is 29.1 Å². The van der Waals surface area contributed by atoms with Crippen LogP contribution >= 0.6 is 0 Å². The van der Waals surface area contributed by atoms with E-state index in [1.54, 1.807) is 10.6 Å². The number of carbonyl (C=O) groups excluding carboxylic acids is 2. The molecule has 3 aromatic rings. The largest absolute Gasteiger partial charge is 0.373 e. The summed E-state index contributed by atoms with van der Waals surface area (Å²) < 4.78 is 1.56. The summed E-state index contributed by atoms with van der Waals surface area (Å²) in [5, 5.41) is 13.0. The first-order valence-electron chi connectivity index (χ1n) is 10.4. The zero-order valence-electron chi connectivity index (χ0n) is 16.4. The Labute approximate surface area is 165 Å². The topological polar surface area (TPSA) is 59.3 Å². The van der Waals surface area contributed by atoms with E-state index in [-0.39, 0.29) is 6.42 Å². The zero-order chi connectivity index (χ0) is 19.7. The Bertz CT molecular complexity index is 1050. The van der Waals surface area contributed by atoms with Crippen molar-refractivity contribution in [3.63, 3.8) is 0 Å². The molecule has 1 N–H and O–H groups in total. The van der Waals surface area contributed by atoms with E-state index in [1.807, 2.05) is 36.4 Å². The monoisotopic (exact) mass is 377 g/mol. The average Bonchev–Trinajstić information content (AvgIpc) is 3.05. The lowest BCUT2D eigenvalue weighted by molar-refractivity contribution is 0.0185. The van der Waals surface area contributed by atoms with Crippen molar-refractivity contribution in [1.29, 1.82) is 0 Å². The maximum atomic E-state index is 13.3. The molecule has 2 aromatic carbocycles. The molecule has 1 atom stereocenters. The van der Waals surface area contributed by atoms with Crippen molar-refractivity contribution in [1.82, 2.24) is 4.57 Å². The van der Waals surface area contributed by atoms with Gasteiger partial charge in [0.25, 0.3) is 5.91 Å². The van der Waals surface area contributed by atoms with Crippen LogP contribution in [-0.4, -0.2) is 27.0 Å². The Morgan fingerprint density at radius 3 is 2.32 bits per heavy atom. The van der Waals surface area contributed by atoms with Crippen molar-refractivity contribution in [2.45, 2.75) is 63.9 Å². The first kappa shape index (κ1) is 18.9. The number of Topliss-reactive ketones (excluding diaryl/α,β-unsaturated/α-hetero) is 1. The van der Waals surface area contributed by atoms with Crippen LogP contribution in [-0.2, 0) is 0 Å². The predicted octanol–water partition coefficient (Wildman–Crippen LogP) is 5.50. The third-order valence-electron chi connectivity index (χ3n) is 6.01. The minimum absolute atomic E-state index is 0.181. The summed E-state index contributed by atoms with van der Waals surface area (Å²) >= 11 is 0. The number of ketones is 1. The highest BCUT2D eigenvalue weighted by Gasteiger charge is 2.49. The molecule has 28 heavy (non-hydrogen) atoms. The maximum Gasteiger partial charge on any atom is 0.271 e. The van der Waals surface area contributed by atoms with Gasteiger partial charge in [-0.3, -0.25) is 14.2 Å². The van der Waals surface area contributed by atoms with Crippen LogP contribution in [0.1, 0.15) is 73.4 Å². The molecule has 0 fully saturated rings. The summed E-state index contributed by atoms with van der Waals surface area (Å²) in [6, 6.07) is 13.1. The number of aromatic nitrogens is 1. The van der Waals surface area contributed by atoms with Crippen LogP contribution in [0.3, 0.4) is 0 Å². The average molecular weight is 377 g/mol. The van der Waals surface area contributed by atoms with Crippen LogP contribution in [0.5, 0.6) is 0 Å². The van der Waals surface area contributed by atoms with E-state index >= 15 is 0 Å². The molecular formula is C24H27NO3. The third kappa shape index (κ3) is 2.87. The van der Waals surface area contributed by atoms with Crippen LogP contribution in [0, 0.1) is 0 Å². The molecule has 0 aliphatic carbocycles. The summed E-state index contributed by atoms with van der Waals surface area (Å²) in [7, 11) is 0. The van der Waals surface area contributed by atoms with Gasteiger partial charge in [-0.15, -0.1) is 0 Å². The van der Waals surface area contributed by atoms with E-state index < -0.39 is 17.3 Å². The molecule has 1 aliphatic heterocycles. The van der Waals surface area contributed by atoms with Gasteiger partial charge in [-0.05, 0) is 25.0 Å². The molecule has 1 aliphatic rings. The van der Waals surface area contributed by atoms with E-state index in [4.69, 9.17) is 0 Å². The highest BCUT2D eigenvalue weighted by Crippen LogP contribution is 2.38. The second-order valence-electron chi connectivity index (χ2n) is 7.92. The van der Waals surface area contributed by atoms with E-state index in [1.165, 1.54) is 25.7 Å². The summed E-state index contributed by atoms with van der Waals surface area (Å²) in [6.07, 6.45) is 7.70. The number of para-hydroxylation sites is 2. The Hall–Kier alpha value is -2.46. The molecule has 1 aromatic heterocycles. The third-order valence-corrected chi connectivity index (χ3v) is 6.01. The smallest absolute Gasteiger partial charge is 0.271 e. The number of fused-ring (bicyclic) bond motifs is 3. The molecule has 146 valence electrons. The summed E-state index contributed by atoms with van der Waals surface area (Å²) in [5.41, 5.74) is -0.144. The molecule has 1 unspecified atom stereocenters. The molecule has 4 nitrogen and oxygen atoms in total. The van der Waals surface area contributed by atoms with Crippen molar-refractivity contribution in [3.8, 4) is 0 Å². The van der Waals surface area contributed by atoms with Gasteiger partial charge in [-0.2, -0.15) is 0 Å². The molecule has 0 saturated heterocycles. The Balaban J connectivity index is 1.64. The van der Waals surface area contributed by atoms with Crippen molar-refractivity contribution < 1.29 is 14.7 Å². The van der Waals surface area contributed by atoms with Gasteiger partial charge < -0.3 is 5.11 Å². The number of carbonyl (C=O) groups is 2.